The lowest BCUT2D eigenvalue weighted by atomic mass is 10.2. The Hall–Kier alpha value is -4.30. The molecular weight excluding hydrogens is 542 g/mol. The minimum atomic E-state index is -4.39. The van der Waals surface area contributed by atoms with Crippen LogP contribution in [0.25, 0.3) is 16.7 Å². The summed E-state index contributed by atoms with van der Waals surface area (Å²) in [6, 6.07) is 7.71. The number of ether oxygens (including phenoxy) is 1. The van der Waals surface area contributed by atoms with Crippen molar-refractivity contribution in [3.05, 3.63) is 66.1 Å². The lowest BCUT2D eigenvalue weighted by Crippen LogP contribution is -2.57. The number of piperazine rings is 1. The summed E-state index contributed by atoms with van der Waals surface area (Å²) in [6.45, 7) is 0.177. The Morgan fingerprint density at radius 3 is 2.79 bits per heavy atom. The van der Waals surface area contributed by atoms with Gasteiger partial charge in [0.15, 0.2) is 17.3 Å². The molecule has 10 nitrogen and oxygen atoms in total. The predicted molar refractivity (Wildman–Crippen MR) is 135 cm³/mol. The van der Waals surface area contributed by atoms with Crippen LogP contribution in [0.1, 0.15) is 0 Å². The molecule has 1 fully saturated rings. The van der Waals surface area contributed by atoms with Gasteiger partial charge in [-0.25, -0.2) is 28.8 Å². The van der Waals surface area contributed by atoms with Crippen LogP contribution < -0.4 is 20.3 Å². The van der Waals surface area contributed by atoms with Gasteiger partial charge in [0.05, 0.1) is 11.2 Å². The van der Waals surface area contributed by atoms with E-state index in [-0.39, 0.29) is 40.9 Å². The highest BCUT2D eigenvalue weighted by molar-refractivity contribution is 6.32. The molecule has 1 atom stereocenters. The van der Waals surface area contributed by atoms with Crippen molar-refractivity contribution >= 4 is 45.6 Å². The number of anilines is 3. The number of hydrogen-bond donors (Lipinski definition) is 2. The molecule has 5 aromatic rings. The molecule has 200 valence electrons. The Morgan fingerprint density at radius 1 is 1.08 bits per heavy atom. The molecule has 0 aliphatic carbocycles. The third-order valence-electron chi connectivity index (χ3n) is 6.14. The number of hydrogen-bond acceptors (Lipinski definition) is 9. The van der Waals surface area contributed by atoms with Crippen LogP contribution in [0.2, 0.25) is 5.02 Å². The van der Waals surface area contributed by atoms with Crippen molar-refractivity contribution in [3.8, 4) is 11.5 Å². The number of pyridine rings is 2. The van der Waals surface area contributed by atoms with Gasteiger partial charge in [-0.2, -0.15) is 18.3 Å². The monoisotopic (exact) mass is 559 g/mol. The molecule has 1 aliphatic heterocycles. The molecule has 4 aromatic heterocycles. The number of aromatic nitrogens is 6. The van der Waals surface area contributed by atoms with E-state index in [1.165, 1.54) is 29.7 Å². The zero-order valence-corrected chi connectivity index (χ0v) is 20.6. The SMILES string of the molecule is Fc1c(Nc2ncnc3ccc(N4CCNC(C(F)(F)F)C4)nc23)ccc(Oc2ccn3ncnc3c2)c1Cl. The summed E-state index contributed by atoms with van der Waals surface area (Å²) in [7, 11) is 0. The molecule has 0 saturated carbocycles. The second-order valence-electron chi connectivity index (χ2n) is 8.65. The van der Waals surface area contributed by atoms with Gasteiger partial charge in [0.2, 0.25) is 0 Å². The molecule has 1 aliphatic rings. The third kappa shape index (κ3) is 4.95. The van der Waals surface area contributed by atoms with Crippen molar-refractivity contribution in [2.75, 3.05) is 29.9 Å². The maximum absolute atomic E-state index is 15.3. The lowest BCUT2D eigenvalue weighted by molar-refractivity contribution is -0.155. The quantitative estimate of drug-likeness (QED) is 0.295. The van der Waals surface area contributed by atoms with Crippen molar-refractivity contribution in [2.24, 2.45) is 0 Å². The first kappa shape index (κ1) is 25.0. The van der Waals surface area contributed by atoms with Gasteiger partial charge in [0.25, 0.3) is 0 Å². The van der Waals surface area contributed by atoms with Crippen molar-refractivity contribution < 1.29 is 22.3 Å². The van der Waals surface area contributed by atoms with Gasteiger partial charge in [-0.05, 0) is 30.3 Å². The molecule has 2 N–H and O–H groups in total. The van der Waals surface area contributed by atoms with Crippen LogP contribution in [-0.4, -0.2) is 61.4 Å². The summed E-state index contributed by atoms with van der Waals surface area (Å²) >= 11 is 6.28. The highest BCUT2D eigenvalue weighted by Crippen LogP contribution is 2.37. The van der Waals surface area contributed by atoms with Crippen LogP contribution in [0, 0.1) is 5.82 Å². The number of benzene rings is 1. The zero-order valence-electron chi connectivity index (χ0n) is 19.8. The smallest absolute Gasteiger partial charge is 0.405 e. The van der Waals surface area contributed by atoms with Crippen LogP contribution in [-0.2, 0) is 0 Å². The molecule has 0 amide bonds. The molecule has 1 aromatic carbocycles. The van der Waals surface area contributed by atoms with Crippen molar-refractivity contribution in [3.63, 3.8) is 0 Å². The standard InChI is InChI=1S/C24H18ClF4N9O/c25-20-16(39-13-5-7-38-19(9-13)32-12-34-38)3-1-14(21(20)26)35-23-22-15(31-11-33-23)2-4-18(36-22)37-8-6-30-17(10-37)24(27,28)29/h1-5,7,9,11-12,17,30H,6,8,10H2,(H,31,33,35). The van der Waals surface area contributed by atoms with Crippen LogP contribution in [0.3, 0.4) is 0 Å². The average molecular weight is 560 g/mol. The van der Waals surface area contributed by atoms with E-state index in [4.69, 9.17) is 16.3 Å². The van der Waals surface area contributed by atoms with Gasteiger partial charge >= 0.3 is 6.18 Å². The van der Waals surface area contributed by atoms with Crippen molar-refractivity contribution in [1.82, 2.24) is 34.9 Å². The number of halogens is 5. The number of nitrogens with one attached hydrogen (secondary N) is 2. The van der Waals surface area contributed by atoms with Gasteiger partial charge < -0.3 is 20.3 Å². The molecule has 0 radical (unpaired) electrons. The summed E-state index contributed by atoms with van der Waals surface area (Å²) < 4.78 is 62.4. The van der Waals surface area contributed by atoms with E-state index in [0.29, 0.717) is 29.3 Å². The maximum atomic E-state index is 15.3. The molecule has 1 unspecified atom stereocenters. The number of alkyl halides is 3. The van der Waals surface area contributed by atoms with E-state index in [0.717, 1.165) is 0 Å². The van der Waals surface area contributed by atoms with Gasteiger partial charge in [-0.1, -0.05) is 11.6 Å². The summed E-state index contributed by atoms with van der Waals surface area (Å²) in [4.78, 5) is 18.5. The first-order valence-electron chi connectivity index (χ1n) is 11.7. The fraction of sp³-hybridized carbons (Fsp3) is 0.208. The number of rotatable bonds is 5. The molecule has 1 saturated heterocycles. The maximum Gasteiger partial charge on any atom is 0.405 e. The Kier molecular flexibility index (Phi) is 6.27. The Morgan fingerprint density at radius 2 is 1.95 bits per heavy atom. The molecule has 0 bridgehead atoms. The summed E-state index contributed by atoms with van der Waals surface area (Å²) in [6.07, 6.45) is -0.0811. The van der Waals surface area contributed by atoms with Crippen LogP contribution in [0.5, 0.6) is 11.5 Å². The minimum absolute atomic E-state index is 0.00762. The summed E-state index contributed by atoms with van der Waals surface area (Å²) in [5.41, 5.74) is 1.22. The fourth-order valence-corrected chi connectivity index (χ4v) is 4.40. The molecule has 6 rings (SSSR count). The van der Waals surface area contributed by atoms with E-state index >= 15 is 4.39 Å². The second kappa shape index (κ2) is 9.78. The molecule has 0 spiro atoms. The summed E-state index contributed by atoms with van der Waals surface area (Å²) in [5.74, 6) is 0.148. The largest absolute Gasteiger partial charge is 0.455 e. The Balaban J connectivity index is 1.27. The number of fused-ring (bicyclic) bond motifs is 2. The molecule has 39 heavy (non-hydrogen) atoms. The highest BCUT2D eigenvalue weighted by atomic mass is 35.5. The van der Waals surface area contributed by atoms with Crippen molar-refractivity contribution in [2.45, 2.75) is 12.2 Å². The second-order valence-corrected chi connectivity index (χ2v) is 9.02. The van der Waals surface area contributed by atoms with Crippen molar-refractivity contribution in [1.29, 1.82) is 0 Å². The first-order valence-corrected chi connectivity index (χ1v) is 12.0. The van der Waals surface area contributed by atoms with E-state index < -0.39 is 18.0 Å². The minimum Gasteiger partial charge on any atom is -0.455 e. The Labute approximate surface area is 222 Å². The van der Waals surface area contributed by atoms with Crippen LogP contribution in [0.4, 0.5) is 34.9 Å². The van der Waals surface area contributed by atoms with Gasteiger partial charge in [-0.3, -0.25) is 0 Å². The summed E-state index contributed by atoms with van der Waals surface area (Å²) in [5, 5.41) is 9.08. The molecule has 15 heteroatoms. The third-order valence-corrected chi connectivity index (χ3v) is 6.49. The topological polar surface area (TPSA) is 105 Å². The van der Waals surface area contributed by atoms with Gasteiger partial charge in [0.1, 0.15) is 46.6 Å². The molecule has 5 heterocycles. The normalized spacial score (nSPS) is 16.1. The fourth-order valence-electron chi connectivity index (χ4n) is 4.20. The predicted octanol–water partition coefficient (Wildman–Crippen LogP) is 4.74. The number of nitrogens with zero attached hydrogens (tertiary/aromatic N) is 7. The van der Waals surface area contributed by atoms with E-state index in [9.17, 15) is 13.2 Å². The van der Waals surface area contributed by atoms with E-state index in [1.54, 1.807) is 35.0 Å². The van der Waals surface area contributed by atoms with Crippen LogP contribution in [0.15, 0.2) is 55.2 Å². The van der Waals surface area contributed by atoms with Gasteiger partial charge in [0, 0.05) is 31.9 Å². The zero-order chi connectivity index (χ0) is 27.1. The Bertz CT molecular complexity index is 1680. The lowest BCUT2D eigenvalue weighted by Gasteiger charge is -2.35. The van der Waals surface area contributed by atoms with E-state index in [1.807, 2.05) is 0 Å². The molecular formula is C24H18ClF4N9O. The van der Waals surface area contributed by atoms with E-state index in [2.05, 4.69) is 35.7 Å². The first-order chi connectivity index (χ1) is 18.8. The average Bonchev–Trinajstić information content (AvgIpc) is 3.40. The highest BCUT2D eigenvalue weighted by Gasteiger charge is 2.42. The van der Waals surface area contributed by atoms with Crippen LogP contribution >= 0.6 is 11.6 Å². The van der Waals surface area contributed by atoms with Gasteiger partial charge in [-0.15, -0.1) is 0 Å².